The molecule has 0 saturated carbocycles. The van der Waals surface area contributed by atoms with Crippen molar-refractivity contribution in [1.82, 2.24) is 9.97 Å². The average Bonchev–Trinajstić information content (AvgIpc) is 2.91. The fourth-order valence-corrected chi connectivity index (χ4v) is 1.51. The number of aromatic nitrogens is 2. The Bertz CT molecular complexity index is 545. The van der Waals surface area contributed by atoms with Crippen LogP contribution < -0.4 is 10.1 Å². The van der Waals surface area contributed by atoms with Crippen LogP contribution in [0.25, 0.3) is 6.08 Å². The summed E-state index contributed by atoms with van der Waals surface area (Å²) < 4.78 is 5.34. The maximum atomic E-state index is 11.6. The standard InChI is InChI=1S/C14H15N3O2/c1-2-19-12-6-3-11(4-7-12)5-8-13(18)17-14-15-9-10-16-14/h3-10H,2H2,1H3,(H2,15,16,17,18). The lowest BCUT2D eigenvalue weighted by atomic mass is 10.2. The van der Waals surface area contributed by atoms with E-state index in [1.165, 1.54) is 6.08 Å². The molecule has 19 heavy (non-hydrogen) atoms. The number of hydrogen-bond donors (Lipinski definition) is 2. The Kier molecular flexibility index (Phi) is 4.34. The molecule has 0 atom stereocenters. The molecule has 0 fully saturated rings. The van der Waals surface area contributed by atoms with Gasteiger partial charge in [-0.25, -0.2) is 4.98 Å². The van der Waals surface area contributed by atoms with Gasteiger partial charge in [-0.15, -0.1) is 0 Å². The fourth-order valence-electron chi connectivity index (χ4n) is 1.51. The fraction of sp³-hybridized carbons (Fsp3) is 0.143. The van der Waals surface area contributed by atoms with Gasteiger partial charge >= 0.3 is 0 Å². The van der Waals surface area contributed by atoms with Crippen molar-refractivity contribution < 1.29 is 9.53 Å². The number of carbonyl (C=O) groups is 1. The van der Waals surface area contributed by atoms with Crippen molar-refractivity contribution in [3.63, 3.8) is 0 Å². The van der Waals surface area contributed by atoms with E-state index in [1.54, 1.807) is 18.5 Å². The van der Waals surface area contributed by atoms with Crippen molar-refractivity contribution in [3.05, 3.63) is 48.3 Å². The van der Waals surface area contributed by atoms with Crippen molar-refractivity contribution in [3.8, 4) is 5.75 Å². The molecule has 98 valence electrons. The van der Waals surface area contributed by atoms with Crippen molar-refractivity contribution in [2.45, 2.75) is 6.92 Å². The van der Waals surface area contributed by atoms with E-state index in [9.17, 15) is 4.79 Å². The Morgan fingerprint density at radius 1 is 1.42 bits per heavy atom. The number of nitrogens with zero attached hydrogens (tertiary/aromatic N) is 1. The maximum absolute atomic E-state index is 11.6. The predicted octanol–water partition coefficient (Wildman–Crippen LogP) is 2.46. The van der Waals surface area contributed by atoms with Gasteiger partial charge in [-0.3, -0.25) is 10.1 Å². The molecule has 0 radical (unpaired) electrons. The number of nitrogens with one attached hydrogen (secondary N) is 2. The summed E-state index contributed by atoms with van der Waals surface area (Å²) in [6.07, 6.45) is 6.41. The Balaban J connectivity index is 1.92. The van der Waals surface area contributed by atoms with E-state index in [0.717, 1.165) is 11.3 Å². The number of benzene rings is 1. The molecule has 2 N–H and O–H groups in total. The van der Waals surface area contributed by atoms with Crippen molar-refractivity contribution in [2.75, 3.05) is 11.9 Å². The van der Waals surface area contributed by atoms with Gasteiger partial charge in [0, 0.05) is 18.5 Å². The third-order valence-electron chi connectivity index (χ3n) is 2.36. The third-order valence-corrected chi connectivity index (χ3v) is 2.36. The molecule has 0 spiro atoms. The number of ether oxygens (including phenoxy) is 1. The highest BCUT2D eigenvalue weighted by molar-refractivity contribution is 6.00. The molecule has 1 amide bonds. The van der Waals surface area contributed by atoms with E-state index in [2.05, 4.69) is 15.3 Å². The van der Waals surface area contributed by atoms with Gasteiger partial charge < -0.3 is 9.72 Å². The van der Waals surface area contributed by atoms with Crippen LogP contribution in [0.4, 0.5) is 5.95 Å². The SMILES string of the molecule is CCOc1ccc(C=CC(=O)Nc2ncc[nH]2)cc1. The average molecular weight is 257 g/mol. The van der Waals surface area contributed by atoms with Gasteiger partial charge in [0.1, 0.15) is 5.75 Å². The maximum Gasteiger partial charge on any atom is 0.250 e. The van der Waals surface area contributed by atoms with Gasteiger partial charge in [0.15, 0.2) is 0 Å². The summed E-state index contributed by atoms with van der Waals surface area (Å²) >= 11 is 0. The van der Waals surface area contributed by atoms with Gasteiger partial charge in [0.25, 0.3) is 5.91 Å². The van der Waals surface area contributed by atoms with Crippen molar-refractivity contribution in [1.29, 1.82) is 0 Å². The molecule has 0 aliphatic carbocycles. The number of amides is 1. The minimum absolute atomic E-state index is 0.233. The highest BCUT2D eigenvalue weighted by Gasteiger charge is 1.98. The summed E-state index contributed by atoms with van der Waals surface area (Å²) in [5.41, 5.74) is 0.929. The third kappa shape index (κ3) is 3.99. The van der Waals surface area contributed by atoms with E-state index in [4.69, 9.17) is 4.74 Å². The Morgan fingerprint density at radius 3 is 2.84 bits per heavy atom. The number of imidazole rings is 1. The molecule has 0 unspecified atom stereocenters. The molecule has 1 aromatic carbocycles. The molecule has 0 aliphatic heterocycles. The van der Waals surface area contributed by atoms with E-state index >= 15 is 0 Å². The first kappa shape index (κ1) is 12.9. The number of aromatic amines is 1. The molecule has 5 heteroatoms. The van der Waals surface area contributed by atoms with Crippen LogP contribution in [-0.4, -0.2) is 22.5 Å². The van der Waals surface area contributed by atoms with Crippen LogP contribution in [0.2, 0.25) is 0 Å². The van der Waals surface area contributed by atoms with Crippen LogP contribution in [0.15, 0.2) is 42.7 Å². The molecule has 1 aromatic heterocycles. The smallest absolute Gasteiger partial charge is 0.250 e. The number of H-pyrrole nitrogens is 1. The monoisotopic (exact) mass is 257 g/mol. The molecule has 0 aliphatic rings. The first-order valence-electron chi connectivity index (χ1n) is 5.99. The molecular formula is C14H15N3O2. The first-order valence-corrected chi connectivity index (χ1v) is 5.99. The molecule has 2 aromatic rings. The van der Waals surface area contributed by atoms with E-state index in [0.29, 0.717) is 12.6 Å². The topological polar surface area (TPSA) is 67.0 Å². The lowest BCUT2D eigenvalue weighted by Crippen LogP contribution is -2.08. The number of carbonyl (C=O) groups excluding carboxylic acids is 1. The van der Waals surface area contributed by atoms with Gasteiger partial charge in [0.05, 0.1) is 6.61 Å². The van der Waals surface area contributed by atoms with E-state index < -0.39 is 0 Å². The van der Waals surface area contributed by atoms with E-state index in [1.807, 2.05) is 31.2 Å². The Labute approximate surface area is 111 Å². The second-order valence-electron chi connectivity index (χ2n) is 3.76. The van der Waals surface area contributed by atoms with Gasteiger partial charge in [-0.2, -0.15) is 0 Å². The summed E-state index contributed by atoms with van der Waals surface area (Å²) in [7, 11) is 0. The highest BCUT2D eigenvalue weighted by Crippen LogP contribution is 2.13. The summed E-state index contributed by atoms with van der Waals surface area (Å²) in [6, 6.07) is 7.52. The van der Waals surface area contributed by atoms with Crippen LogP contribution in [0.3, 0.4) is 0 Å². The number of hydrogen-bond acceptors (Lipinski definition) is 3. The zero-order chi connectivity index (χ0) is 13.5. The number of rotatable bonds is 5. The van der Waals surface area contributed by atoms with Gasteiger partial charge in [0.2, 0.25) is 5.95 Å². The molecule has 0 bridgehead atoms. The van der Waals surface area contributed by atoms with Crippen LogP contribution in [0, 0.1) is 0 Å². The molecule has 0 saturated heterocycles. The van der Waals surface area contributed by atoms with Crippen LogP contribution in [0.5, 0.6) is 5.75 Å². The molecule has 5 nitrogen and oxygen atoms in total. The Morgan fingerprint density at radius 2 is 2.21 bits per heavy atom. The predicted molar refractivity (Wildman–Crippen MR) is 73.9 cm³/mol. The lowest BCUT2D eigenvalue weighted by molar-refractivity contribution is -0.111. The van der Waals surface area contributed by atoms with Crippen LogP contribution in [-0.2, 0) is 4.79 Å². The quantitative estimate of drug-likeness (QED) is 0.808. The van der Waals surface area contributed by atoms with Gasteiger partial charge in [-0.05, 0) is 30.7 Å². The zero-order valence-electron chi connectivity index (χ0n) is 10.6. The van der Waals surface area contributed by atoms with E-state index in [-0.39, 0.29) is 5.91 Å². The van der Waals surface area contributed by atoms with Crippen LogP contribution in [0.1, 0.15) is 12.5 Å². The van der Waals surface area contributed by atoms with Crippen LogP contribution >= 0.6 is 0 Å². The highest BCUT2D eigenvalue weighted by atomic mass is 16.5. The molecule has 1 heterocycles. The normalized spacial score (nSPS) is 10.6. The minimum Gasteiger partial charge on any atom is -0.494 e. The summed E-state index contributed by atoms with van der Waals surface area (Å²) in [5.74, 6) is 1.02. The largest absolute Gasteiger partial charge is 0.494 e. The Hall–Kier alpha value is -2.56. The summed E-state index contributed by atoms with van der Waals surface area (Å²) in [4.78, 5) is 18.3. The van der Waals surface area contributed by atoms with Gasteiger partial charge in [-0.1, -0.05) is 12.1 Å². The summed E-state index contributed by atoms with van der Waals surface area (Å²) in [5, 5.41) is 2.61. The zero-order valence-corrected chi connectivity index (χ0v) is 10.6. The molecular weight excluding hydrogens is 242 g/mol. The minimum atomic E-state index is -0.233. The van der Waals surface area contributed by atoms with Crippen molar-refractivity contribution >= 4 is 17.9 Å². The first-order chi connectivity index (χ1) is 9.28. The van der Waals surface area contributed by atoms with Crippen molar-refractivity contribution in [2.24, 2.45) is 0 Å². The molecule has 2 rings (SSSR count). The number of anilines is 1. The summed E-state index contributed by atoms with van der Waals surface area (Å²) in [6.45, 7) is 2.58. The second kappa shape index (κ2) is 6.39. The second-order valence-corrected chi connectivity index (χ2v) is 3.76. The lowest BCUT2D eigenvalue weighted by Gasteiger charge is -2.02.